The monoisotopic (exact) mass is 407 g/mol. The van der Waals surface area contributed by atoms with Crippen LogP contribution in [0.2, 0.25) is 0 Å². The highest BCUT2D eigenvalue weighted by Gasteiger charge is 2.62. The molecule has 6 rings (SSSR count). The molecule has 2 heterocycles. The molecule has 31 heavy (non-hydrogen) atoms. The van der Waals surface area contributed by atoms with Crippen LogP contribution >= 0.6 is 0 Å². The number of hydrogen-bond donors (Lipinski definition) is 0. The maximum absolute atomic E-state index is 13.4. The smallest absolute Gasteiger partial charge is 0.234 e. The summed E-state index contributed by atoms with van der Waals surface area (Å²) in [5, 5.41) is 0. The molecular weight excluding hydrogens is 386 g/mol. The maximum atomic E-state index is 13.4. The largest absolute Gasteiger partial charge is 0.467 e. The summed E-state index contributed by atoms with van der Waals surface area (Å²) in [6, 6.07) is 24.2. The average Bonchev–Trinajstić information content (AvgIpc) is 3.58. The highest BCUT2D eigenvalue weighted by molar-refractivity contribution is 6.08. The fourth-order valence-electron chi connectivity index (χ4n) is 5.58. The van der Waals surface area contributed by atoms with Gasteiger partial charge in [0, 0.05) is 11.8 Å². The molecule has 4 heteroatoms. The number of rotatable bonds is 4. The first-order chi connectivity index (χ1) is 15.2. The van der Waals surface area contributed by atoms with Crippen LogP contribution in [-0.4, -0.2) is 16.7 Å². The van der Waals surface area contributed by atoms with Gasteiger partial charge in [0.25, 0.3) is 0 Å². The first-order valence-electron chi connectivity index (χ1n) is 10.6. The number of benzene rings is 2. The van der Waals surface area contributed by atoms with Crippen LogP contribution in [0.25, 0.3) is 5.57 Å². The lowest BCUT2D eigenvalue weighted by atomic mass is 9.85. The first kappa shape index (κ1) is 18.1. The van der Waals surface area contributed by atoms with E-state index in [0.29, 0.717) is 5.76 Å². The van der Waals surface area contributed by atoms with Gasteiger partial charge in [0.1, 0.15) is 5.76 Å². The van der Waals surface area contributed by atoms with Crippen LogP contribution in [-0.2, 0) is 16.1 Å². The van der Waals surface area contributed by atoms with Gasteiger partial charge in [0.15, 0.2) is 0 Å². The Hall–Kier alpha value is -3.66. The fraction of sp³-hybridized carbons (Fsp3) is 0.185. The predicted molar refractivity (Wildman–Crippen MR) is 116 cm³/mol. The SMILES string of the molecule is O=C1[C@@H]2[C@H](C(=O)N1Cc1ccco1)[C@@H]1C=C[C@@H]2C1=C(c1ccccc1)c1ccccc1. The van der Waals surface area contributed by atoms with Crippen LogP contribution in [0.4, 0.5) is 0 Å². The highest BCUT2D eigenvalue weighted by atomic mass is 16.3. The second kappa shape index (κ2) is 6.95. The van der Waals surface area contributed by atoms with Crippen molar-refractivity contribution in [3.8, 4) is 0 Å². The lowest BCUT2D eigenvalue weighted by Gasteiger charge is -2.21. The predicted octanol–water partition coefficient (Wildman–Crippen LogP) is 4.70. The zero-order chi connectivity index (χ0) is 20.9. The Morgan fingerprint density at radius 1 is 0.742 bits per heavy atom. The number of nitrogens with zero attached hydrogens (tertiary/aromatic N) is 1. The minimum Gasteiger partial charge on any atom is -0.467 e. The van der Waals surface area contributed by atoms with Crippen LogP contribution in [0.15, 0.2) is 101 Å². The average molecular weight is 407 g/mol. The number of fused-ring (bicyclic) bond motifs is 5. The zero-order valence-corrected chi connectivity index (χ0v) is 16.8. The normalized spacial score (nSPS) is 26.1. The van der Waals surface area contributed by atoms with Crippen molar-refractivity contribution in [2.75, 3.05) is 0 Å². The Morgan fingerprint density at radius 3 is 1.77 bits per heavy atom. The second-order valence-electron chi connectivity index (χ2n) is 8.39. The number of carbonyl (C=O) groups excluding carboxylic acids is 2. The molecule has 1 aliphatic heterocycles. The van der Waals surface area contributed by atoms with E-state index in [1.54, 1.807) is 18.4 Å². The third kappa shape index (κ3) is 2.68. The molecule has 1 saturated heterocycles. The standard InChI is InChI=1S/C27H21NO3/c29-26-24-20-13-14-21(25(24)27(30)28(26)16-19-12-7-15-31-19)23(20)22(17-8-3-1-4-9-17)18-10-5-2-6-11-18/h1-15,20-21,24-25H,16H2/t20-,21-,24-,25+/m1/s1. The molecule has 0 spiro atoms. The van der Waals surface area contributed by atoms with Crippen molar-refractivity contribution in [2.45, 2.75) is 6.54 Å². The number of furan rings is 1. The van der Waals surface area contributed by atoms with E-state index in [9.17, 15) is 9.59 Å². The van der Waals surface area contributed by atoms with E-state index in [1.165, 1.54) is 10.5 Å². The molecule has 3 aliphatic rings. The van der Waals surface area contributed by atoms with Gasteiger partial charge in [0.2, 0.25) is 11.8 Å². The molecule has 152 valence electrons. The summed E-state index contributed by atoms with van der Waals surface area (Å²) in [6.07, 6.45) is 5.84. The zero-order valence-electron chi connectivity index (χ0n) is 16.8. The number of carbonyl (C=O) groups is 2. The Morgan fingerprint density at radius 2 is 1.29 bits per heavy atom. The third-order valence-corrected chi connectivity index (χ3v) is 6.81. The number of imide groups is 1. The summed E-state index contributed by atoms with van der Waals surface area (Å²) in [5.74, 6) is -0.286. The van der Waals surface area contributed by atoms with Crippen LogP contribution in [0.3, 0.4) is 0 Å². The van der Waals surface area contributed by atoms with Crippen LogP contribution in [0.1, 0.15) is 16.9 Å². The summed E-state index contributed by atoms with van der Waals surface area (Å²) in [5.41, 5.74) is 4.59. The van der Waals surface area contributed by atoms with Gasteiger partial charge >= 0.3 is 0 Å². The van der Waals surface area contributed by atoms with Crippen molar-refractivity contribution >= 4 is 17.4 Å². The second-order valence-corrected chi connectivity index (χ2v) is 8.39. The molecule has 4 nitrogen and oxygen atoms in total. The van der Waals surface area contributed by atoms with Gasteiger partial charge < -0.3 is 4.42 Å². The van der Waals surface area contributed by atoms with Crippen LogP contribution < -0.4 is 0 Å². The summed E-state index contributed by atoms with van der Waals surface area (Å²) in [4.78, 5) is 28.1. The van der Waals surface area contributed by atoms with Crippen molar-refractivity contribution in [3.05, 3.63) is 114 Å². The van der Waals surface area contributed by atoms with Crippen LogP contribution in [0, 0.1) is 23.7 Å². The Bertz CT molecular complexity index is 1130. The third-order valence-electron chi connectivity index (χ3n) is 6.81. The quantitative estimate of drug-likeness (QED) is 0.465. The van der Waals surface area contributed by atoms with Gasteiger partial charge in [-0.1, -0.05) is 72.8 Å². The van der Waals surface area contributed by atoms with Gasteiger partial charge in [0.05, 0.1) is 24.6 Å². The summed E-state index contributed by atoms with van der Waals surface area (Å²) < 4.78 is 5.39. The van der Waals surface area contributed by atoms with Gasteiger partial charge in [-0.25, -0.2) is 0 Å². The molecule has 0 radical (unpaired) electrons. The molecule has 1 saturated carbocycles. The summed E-state index contributed by atoms with van der Waals surface area (Å²) in [6.45, 7) is 0.209. The van der Waals surface area contributed by atoms with E-state index in [2.05, 4.69) is 36.4 Å². The fourth-order valence-corrected chi connectivity index (χ4v) is 5.58. The van der Waals surface area contributed by atoms with E-state index in [-0.39, 0.29) is 42.0 Å². The minimum atomic E-state index is -0.324. The van der Waals surface area contributed by atoms with E-state index in [4.69, 9.17) is 4.42 Å². The molecule has 0 N–H and O–H groups in total. The number of likely N-dealkylation sites (tertiary alicyclic amines) is 1. The molecule has 2 aliphatic carbocycles. The molecule has 4 atom stereocenters. The minimum absolute atomic E-state index is 0.0523. The number of allylic oxidation sites excluding steroid dienone is 3. The molecule has 1 aromatic heterocycles. The van der Waals surface area contributed by atoms with Crippen LogP contribution in [0.5, 0.6) is 0 Å². The Labute approximate surface area is 180 Å². The van der Waals surface area contributed by atoms with E-state index in [0.717, 1.165) is 16.7 Å². The maximum Gasteiger partial charge on any atom is 0.234 e. The molecular formula is C27H21NO3. The first-order valence-corrected chi connectivity index (χ1v) is 10.6. The molecule has 2 aromatic carbocycles. The van der Waals surface area contributed by atoms with Crippen molar-refractivity contribution < 1.29 is 14.0 Å². The summed E-state index contributed by atoms with van der Waals surface area (Å²) >= 11 is 0. The molecule has 2 bridgehead atoms. The van der Waals surface area contributed by atoms with Gasteiger partial charge in [-0.15, -0.1) is 0 Å². The van der Waals surface area contributed by atoms with Crippen molar-refractivity contribution in [1.82, 2.24) is 4.90 Å². The lowest BCUT2D eigenvalue weighted by Crippen LogP contribution is -2.32. The van der Waals surface area contributed by atoms with Crippen molar-refractivity contribution in [3.63, 3.8) is 0 Å². The Balaban J connectivity index is 1.45. The van der Waals surface area contributed by atoms with Crippen molar-refractivity contribution in [2.24, 2.45) is 23.7 Å². The lowest BCUT2D eigenvalue weighted by molar-refractivity contribution is -0.141. The van der Waals surface area contributed by atoms with E-state index >= 15 is 0 Å². The molecule has 0 unspecified atom stereocenters. The summed E-state index contributed by atoms with van der Waals surface area (Å²) in [7, 11) is 0. The Kier molecular flexibility index (Phi) is 4.06. The number of amides is 2. The van der Waals surface area contributed by atoms with E-state index in [1.807, 2.05) is 36.4 Å². The molecule has 3 aromatic rings. The van der Waals surface area contributed by atoms with Gasteiger partial charge in [-0.05, 0) is 34.4 Å². The van der Waals surface area contributed by atoms with Gasteiger partial charge in [-0.3, -0.25) is 14.5 Å². The topological polar surface area (TPSA) is 50.5 Å². The van der Waals surface area contributed by atoms with Crippen molar-refractivity contribution in [1.29, 1.82) is 0 Å². The van der Waals surface area contributed by atoms with E-state index < -0.39 is 0 Å². The number of hydrogen-bond acceptors (Lipinski definition) is 3. The van der Waals surface area contributed by atoms with Gasteiger partial charge in [-0.2, -0.15) is 0 Å². The molecule has 2 fully saturated rings. The highest BCUT2D eigenvalue weighted by Crippen LogP contribution is 2.58. The molecule has 2 amide bonds.